The number of aliphatic hydroxyl groups excluding tert-OH is 1. The van der Waals surface area contributed by atoms with Gasteiger partial charge in [-0.25, -0.2) is 21.9 Å². The van der Waals surface area contributed by atoms with Gasteiger partial charge in [0.2, 0.25) is 10.0 Å². The van der Waals surface area contributed by atoms with Gasteiger partial charge in [0.25, 0.3) is 0 Å². The van der Waals surface area contributed by atoms with E-state index in [9.17, 15) is 17.2 Å². The first-order valence-electron chi connectivity index (χ1n) is 6.44. The molecule has 2 unspecified atom stereocenters. The van der Waals surface area contributed by atoms with E-state index in [1.807, 2.05) is 6.92 Å². The Balaban J connectivity index is 2.31. The molecule has 2 N–H and O–H groups in total. The fraction of sp³-hybridized carbons (Fsp3) is 0.538. The Bertz CT molecular complexity index is 604. The number of hydrogen-bond donors (Lipinski definition) is 2. The van der Waals surface area contributed by atoms with Crippen LogP contribution in [0, 0.1) is 17.6 Å². The number of hydrogen-bond acceptors (Lipinski definition) is 3. The summed E-state index contributed by atoms with van der Waals surface area (Å²) in [5.41, 5.74) is 0.0177. The molecule has 0 radical (unpaired) electrons. The van der Waals surface area contributed by atoms with Crippen molar-refractivity contribution >= 4 is 10.0 Å². The van der Waals surface area contributed by atoms with Crippen LogP contribution in [0.25, 0.3) is 0 Å². The van der Waals surface area contributed by atoms with E-state index in [4.69, 9.17) is 5.11 Å². The summed E-state index contributed by atoms with van der Waals surface area (Å²) in [5.74, 6) is -2.29. The van der Waals surface area contributed by atoms with Crippen molar-refractivity contribution in [3.63, 3.8) is 0 Å². The predicted molar refractivity (Wildman–Crippen MR) is 69.4 cm³/mol. The molecule has 0 amide bonds. The lowest BCUT2D eigenvalue weighted by atomic mass is 10.1. The molecule has 0 bridgehead atoms. The summed E-state index contributed by atoms with van der Waals surface area (Å²) in [6.07, 6.45) is 2.27. The molecule has 112 valence electrons. The number of sulfonamides is 1. The van der Waals surface area contributed by atoms with E-state index >= 15 is 0 Å². The Hall–Kier alpha value is -1.05. The zero-order chi connectivity index (χ0) is 14.9. The highest BCUT2D eigenvalue weighted by atomic mass is 32.2. The Morgan fingerprint density at radius 3 is 2.60 bits per heavy atom. The first-order chi connectivity index (χ1) is 9.33. The molecule has 2 atom stereocenters. The Morgan fingerprint density at radius 1 is 1.35 bits per heavy atom. The molecule has 0 aromatic heterocycles. The molecule has 1 aliphatic rings. The normalized spacial score (nSPS) is 23.2. The summed E-state index contributed by atoms with van der Waals surface area (Å²) in [5, 5.41) is 8.96. The zero-order valence-corrected chi connectivity index (χ0v) is 11.9. The predicted octanol–water partition coefficient (Wildman–Crippen LogP) is 1.92. The molecule has 20 heavy (non-hydrogen) atoms. The van der Waals surface area contributed by atoms with Gasteiger partial charge in [-0.2, -0.15) is 0 Å². The zero-order valence-electron chi connectivity index (χ0n) is 11.1. The lowest BCUT2D eigenvalue weighted by Gasteiger charge is -2.14. The van der Waals surface area contributed by atoms with Crippen LogP contribution in [0.3, 0.4) is 0 Å². The van der Waals surface area contributed by atoms with Crippen molar-refractivity contribution in [2.24, 2.45) is 5.92 Å². The van der Waals surface area contributed by atoms with Crippen molar-refractivity contribution in [3.8, 4) is 0 Å². The summed E-state index contributed by atoms with van der Waals surface area (Å²) in [4.78, 5) is -0.749. The quantitative estimate of drug-likeness (QED) is 0.893. The van der Waals surface area contributed by atoms with Gasteiger partial charge >= 0.3 is 0 Å². The molecule has 0 heterocycles. The van der Waals surface area contributed by atoms with Crippen molar-refractivity contribution in [2.75, 3.05) is 0 Å². The van der Waals surface area contributed by atoms with Crippen molar-refractivity contribution in [1.82, 2.24) is 4.72 Å². The summed E-state index contributed by atoms with van der Waals surface area (Å²) in [6, 6.07) is 1.49. The van der Waals surface area contributed by atoms with Crippen molar-refractivity contribution in [2.45, 2.75) is 43.7 Å². The van der Waals surface area contributed by atoms with E-state index in [0.717, 1.165) is 18.6 Å². The second kappa shape index (κ2) is 5.75. The maximum absolute atomic E-state index is 13.7. The molecule has 1 aliphatic carbocycles. The van der Waals surface area contributed by atoms with Gasteiger partial charge in [0.15, 0.2) is 11.6 Å². The minimum absolute atomic E-state index is 0.0177. The van der Waals surface area contributed by atoms with Gasteiger partial charge in [-0.05, 0) is 42.9 Å². The number of nitrogens with one attached hydrogen (secondary N) is 1. The lowest BCUT2D eigenvalue weighted by molar-refractivity contribution is 0.280. The fourth-order valence-electron chi connectivity index (χ4n) is 2.50. The molecule has 2 rings (SSSR count). The third-order valence-electron chi connectivity index (χ3n) is 3.54. The molecule has 0 spiro atoms. The number of aliphatic hydroxyl groups is 1. The van der Waals surface area contributed by atoms with Gasteiger partial charge in [0.05, 0.1) is 6.61 Å². The van der Waals surface area contributed by atoms with E-state index in [2.05, 4.69) is 4.72 Å². The number of benzene rings is 1. The molecule has 0 saturated heterocycles. The SMILES string of the molecule is CC1CCC(NS(=O)(=O)c2cc(CO)cc(F)c2F)C1. The summed E-state index contributed by atoms with van der Waals surface area (Å²) >= 11 is 0. The summed E-state index contributed by atoms with van der Waals surface area (Å²) in [6.45, 7) is 1.46. The van der Waals surface area contributed by atoms with Crippen LogP contribution in [-0.4, -0.2) is 19.6 Å². The van der Waals surface area contributed by atoms with Crippen molar-refractivity contribution in [3.05, 3.63) is 29.3 Å². The largest absolute Gasteiger partial charge is 0.392 e. The van der Waals surface area contributed by atoms with Gasteiger partial charge in [-0.3, -0.25) is 0 Å². The molecule has 1 fully saturated rings. The third kappa shape index (κ3) is 3.16. The van der Waals surface area contributed by atoms with E-state index in [-0.39, 0.29) is 11.6 Å². The molecule has 1 aromatic rings. The van der Waals surface area contributed by atoms with Crippen LogP contribution in [0.2, 0.25) is 0 Å². The van der Waals surface area contributed by atoms with Gasteiger partial charge < -0.3 is 5.11 Å². The van der Waals surface area contributed by atoms with Crippen LogP contribution < -0.4 is 4.72 Å². The molecule has 0 aliphatic heterocycles. The second-order valence-electron chi connectivity index (χ2n) is 5.28. The Morgan fingerprint density at radius 2 is 2.05 bits per heavy atom. The molecular weight excluding hydrogens is 288 g/mol. The first-order valence-corrected chi connectivity index (χ1v) is 7.93. The topological polar surface area (TPSA) is 66.4 Å². The molecule has 7 heteroatoms. The van der Waals surface area contributed by atoms with Crippen LogP contribution in [0.1, 0.15) is 31.7 Å². The summed E-state index contributed by atoms with van der Waals surface area (Å²) in [7, 11) is -4.13. The summed E-state index contributed by atoms with van der Waals surface area (Å²) < 4.78 is 53.7. The minimum Gasteiger partial charge on any atom is -0.392 e. The van der Waals surface area contributed by atoms with E-state index in [1.165, 1.54) is 0 Å². The number of rotatable bonds is 4. The van der Waals surface area contributed by atoms with Crippen molar-refractivity contribution in [1.29, 1.82) is 0 Å². The van der Waals surface area contributed by atoms with Crippen LogP contribution in [0.15, 0.2) is 17.0 Å². The average Bonchev–Trinajstić information content (AvgIpc) is 2.76. The van der Waals surface area contributed by atoms with Crippen LogP contribution >= 0.6 is 0 Å². The Kier molecular flexibility index (Phi) is 4.41. The lowest BCUT2D eigenvalue weighted by Crippen LogP contribution is -2.33. The maximum atomic E-state index is 13.7. The smallest absolute Gasteiger partial charge is 0.243 e. The highest BCUT2D eigenvalue weighted by Gasteiger charge is 2.29. The molecule has 1 saturated carbocycles. The van der Waals surface area contributed by atoms with E-state index < -0.39 is 33.2 Å². The van der Waals surface area contributed by atoms with Crippen LogP contribution in [-0.2, 0) is 16.6 Å². The fourth-order valence-corrected chi connectivity index (χ4v) is 3.92. The second-order valence-corrected chi connectivity index (χ2v) is 6.97. The highest BCUT2D eigenvalue weighted by Crippen LogP contribution is 2.27. The minimum atomic E-state index is -4.13. The van der Waals surface area contributed by atoms with Crippen LogP contribution in [0.4, 0.5) is 8.78 Å². The standard InChI is InChI=1S/C13H17F2NO3S/c1-8-2-3-10(4-8)16-20(18,19)12-6-9(7-17)5-11(14)13(12)15/h5-6,8,10,16-17H,2-4,7H2,1H3. The number of halogens is 2. The first kappa shape index (κ1) is 15.3. The molecular formula is C13H17F2NO3S. The van der Waals surface area contributed by atoms with Gasteiger partial charge in [0.1, 0.15) is 4.90 Å². The van der Waals surface area contributed by atoms with Gasteiger partial charge in [-0.1, -0.05) is 6.92 Å². The maximum Gasteiger partial charge on any atom is 0.243 e. The van der Waals surface area contributed by atoms with Crippen LogP contribution in [0.5, 0.6) is 0 Å². The Labute approximate surface area is 116 Å². The average molecular weight is 305 g/mol. The van der Waals surface area contributed by atoms with Gasteiger partial charge in [-0.15, -0.1) is 0 Å². The molecule has 1 aromatic carbocycles. The van der Waals surface area contributed by atoms with E-state index in [0.29, 0.717) is 18.8 Å². The van der Waals surface area contributed by atoms with E-state index in [1.54, 1.807) is 0 Å². The van der Waals surface area contributed by atoms with Gasteiger partial charge in [0, 0.05) is 6.04 Å². The third-order valence-corrected chi connectivity index (χ3v) is 5.06. The monoisotopic (exact) mass is 305 g/mol. The highest BCUT2D eigenvalue weighted by molar-refractivity contribution is 7.89. The van der Waals surface area contributed by atoms with Crippen molar-refractivity contribution < 1.29 is 22.3 Å². The molecule has 4 nitrogen and oxygen atoms in total.